The van der Waals surface area contributed by atoms with E-state index in [1.54, 1.807) is 39.4 Å². The van der Waals surface area contributed by atoms with Gasteiger partial charge >= 0.3 is 0 Å². The highest BCUT2D eigenvalue weighted by Gasteiger charge is 2.19. The van der Waals surface area contributed by atoms with E-state index in [9.17, 15) is 14.3 Å². The van der Waals surface area contributed by atoms with Gasteiger partial charge in [0.05, 0.1) is 23.9 Å². The highest BCUT2D eigenvalue weighted by Crippen LogP contribution is 2.32. The van der Waals surface area contributed by atoms with Crippen molar-refractivity contribution < 1.29 is 14.3 Å². The molecule has 0 bridgehead atoms. The Bertz CT molecular complexity index is 1280. The minimum atomic E-state index is -1.12. The Morgan fingerprint density at radius 2 is 2.10 bits per heavy atom. The quantitative estimate of drug-likeness (QED) is 0.380. The number of imidazole rings is 1. The monoisotopic (exact) mass is 424 g/mol. The second-order valence-electron chi connectivity index (χ2n) is 8.28. The number of aromatic nitrogens is 4. The maximum Gasteiger partial charge on any atom is 0.223 e. The third-order valence-electron chi connectivity index (χ3n) is 5.10. The van der Waals surface area contributed by atoms with Crippen LogP contribution in [0.3, 0.4) is 0 Å². The van der Waals surface area contributed by atoms with Crippen molar-refractivity contribution in [3.8, 4) is 11.3 Å². The number of hydrogen-bond donors (Lipinski definition) is 4. The van der Waals surface area contributed by atoms with Crippen molar-refractivity contribution in [1.82, 2.24) is 24.8 Å². The molecule has 0 unspecified atom stereocenters. The molecule has 0 aliphatic rings. The van der Waals surface area contributed by atoms with E-state index in [1.165, 1.54) is 6.07 Å². The fourth-order valence-corrected chi connectivity index (χ4v) is 3.66. The van der Waals surface area contributed by atoms with Gasteiger partial charge in [-0.05, 0) is 43.7 Å². The average molecular weight is 424 g/mol. The summed E-state index contributed by atoms with van der Waals surface area (Å²) in [5, 5.41) is 16.4. The number of halogens is 1. The van der Waals surface area contributed by atoms with Crippen LogP contribution in [-0.4, -0.2) is 43.2 Å². The van der Waals surface area contributed by atoms with Gasteiger partial charge in [0, 0.05) is 37.3 Å². The molecule has 0 aliphatic carbocycles. The molecule has 0 radical (unpaired) electrons. The fourth-order valence-electron chi connectivity index (χ4n) is 3.66. The minimum absolute atomic E-state index is 0.0307. The van der Waals surface area contributed by atoms with Gasteiger partial charge in [0.15, 0.2) is 5.82 Å². The summed E-state index contributed by atoms with van der Waals surface area (Å²) in [6, 6.07) is 6.73. The van der Waals surface area contributed by atoms with E-state index in [0.29, 0.717) is 17.0 Å². The molecule has 8 nitrogen and oxygen atoms in total. The number of rotatable bonds is 6. The zero-order valence-corrected chi connectivity index (χ0v) is 17.9. The predicted octanol–water partition coefficient (Wildman–Crippen LogP) is 3.07. The summed E-state index contributed by atoms with van der Waals surface area (Å²) < 4.78 is 16.3. The number of aromatic amines is 1. The molecular formula is C22H25FN6O2. The van der Waals surface area contributed by atoms with E-state index < -0.39 is 11.4 Å². The zero-order valence-electron chi connectivity index (χ0n) is 17.9. The number of amides is 1. The van der Waals surface area contributed by atoms with Crippen LogP contribution in [0.4, 0.5) is 10.2 Å². The standard InChI is InChI=1S/C22H25FN6O2/c1-22(2,31)9-17(30)25-10-13-7-12(5-6-15(13)23)16-8-14-19-18(26-11-29(19)4)21(24-3)28-20(14)27-16/h5-8,11,31H,9-10H2,1-4H3,(H,25,30)(H2,24,27,28). The maximum absolute atomic E-state index is 14.4. The van der Waals surface area contributed by atoms with Gasteiger partial charge in [-0.2, -0.15) is 0 Å². The lowest BCUT2D eigenvalue weighted by Crippen LogP contribution is -2.32. The number of H-pyrrole nitrogens is 1. The van der Waals surface area contributed by atoms with E-state index in [2.05, 4.69) is 25.6 Å². The molecule has 0 saturated carbocycles. The largest absolute Gasteiger partial charge is 0.390 e. The van der Waals surface area contributed by atoms with Crippen molar-refractivity contribution in [2.45, 2.75) is 32.4 Å². The number of fused-ring (bicyclic) bond motifs is 3. The third kappa shape index (κ3) is 4.09. The van der Waals surface area contributed by atoms with E-state index in [4.69, 9.17) is 0 Å². The molecule has 0 saturated heterocycles. The second-order valence-corrected chi connectivity index (χ2v) is 8.28. The number of carbonyl (C=O) groups excluding carboxylic acids is 1. The van der Waals surface area contributed by atoms with Crippen LogP contribution in [0.15, 0.2) is 30.6 Å². The van der Waals surface area contributed by atoms with Gasteiger partial charge in [-0.25, -0.2) is 14.4 Å². The van der Waals surface area contributed by atoms with Crippen molar-refractivity contribution in [2.75, 3.05) is 12.4 Å². The van der Waals surface area contributed by atoms with Crippen LogP contribution in [0.25, 0.3) is 33.3 Å². The molecular weight excluding hydrogens is 399 g/mol. The Hall–Kier alpha value is -3.46. The first-order valence-electron chi connectivity index (χ1n) is 9.95. The summed E-state index contributed by atoms with van der Waals surface area (Å²) in [5.41, 5.74) is 3.20. The average Bonchev–Trinajstić information content (AvgIpc) is 3.29. The van der Waals surface area contributed by atoms with Gasteiger partial charge in [0.1, 0.15) is 17.0 Å². The Morgan fingerprint density at radius 1 is 1.32 bits per heavy atom. The Labute approximate surface area is 178 Å². The van der Waals surface area contributed by atoms with Crippen LogP contribution in [0.2, 0.25) is 0 Å². The highest BCUT2D eigenvalue weighted by molar-refractivity contribution is 6.07. The maximum atomic E-state index is 14.4. The lowest BCUT2D eigenvalue weighted by molar-refractivity contribution is -0.125. The van der Waals surface area contributed by atoms with Crippen molar-refractivity contribution in [3.05, 3.63) is 42.0 Å². The molecule has 0 spiro atoms. The molecule has 1 amide bonds. The van der Waals surface area contributed by atoms with E-state index in [1.807, 2.05) is 17.7 Å². The molecule has 0 fully saturated rings. The molecule has 1 aromatic carbocycles. The van der Waals surface area contributed by atoms with Gasteiger partial charge in [0.25, 0.3) is 0 Å². The number of anilines is 1. The second kappa shape index (κ2) is 7.66. The number of carbonyl (C=O) groups is 1. The summed E-state index contributed by atoms with van der Waals surface area (Å²) in [6.07, 6.45) is 1.68. The number of aliphatic hydroxyl groups is 1. The van der Waals surface area contributed by atoms with Gasteiger partial charge in [-0.1, -0.05) is 0 Å². The normalized spacial score (nSPS) is 11.9. The van der Waals surface area contributed by atoms with Crippen LogP contribution in [-0.2, 0) is 18.4 Å². The fraction of sp³-hybridized carbons (Fsp3) is 0.318. The van der Waals surface area contributed by atoms with Crippen LogP contribution in [0.5, 0.6) is 0 Å². The SMILES string of the molecule is CNc1nc2[nH]c(-c3ccc(F)c(CNC(=O)CC(C)(C)O)c3)cc2c2c1ncn2C. The van der Waals surface area contributed by atoms with Crippen molar-refractivity contribution in [3.63, 3.8) is 0 Å². The number of hydrogen-bond acceptors (Lipinski definition) is 5. The minimum Gasteiger partial charge on any atom is -0.390 e. The molecule has 3 heterocycles. The molecule has 162 valence electrons. The molecule has 3 aromatic heterocycles. The molecule has 0 atom stereocenters. The van der Waals surface area contributed by atoms with Gasteiger partial charge in [0.2, 0.25) is 5.91 Å². The van der Waals surface area contributed by atoms with Crippen molar-refractivity contribution >= 4 is 33.8 Å². The summed E-state index contributed by atoms with van der Waals surface area (Å²) in [4.78, 5) is 24.3. The lowest BCUT2D eigenvalue weighted by atomic mass is 10.0. The first kappa shape index (κ1) is 20.8. The number of nitrogens with one attached hydrogen (secondary N) is 3. The van der Waals surface area contributed by atoms with Crippen LogP contribution in [0, 0.1) is 5.82 Å². The smallest absolute Gasteiger partial charge is 0.223 e. The van der Waals surface area contributed by atoms with Crippen LogP contribution < -0.4 is 10.6 Å². The number of benzene rings is 1. The Balaban J connectivity index is 1.68. The molecule has 4 aromatic rings. The molecule has 4 N–H and O–H groups in total. The number of pyridine rings is 1. The van der Waals surface area contributed by atoms with Crippen molar-refractivity contribution in [2.24, 2.45) is 7.05 Å². The topological polar surface area (TPSA) is 108 Å². The first-order chi connectivity index (χ1) is 14.7. The summed E-state index contributed by atoms with van der Waals surface area (Å²) in [7, 11) is 3.72. The first-order valence-corrected chi connectivity index (χ1v) is 9.95. The number of aryl methyl sites for hydroxylation is 1. The summed E-state index contributed by atoms with van der Waals surface area (Å²) >= 11 is 0. The lowest BCUT2D eigenvalue weighted by Gasteiger charge is -2.16. The summed E-state index contributed by atoms with van der Waals surface area (Å²) in [6.45, 7) is 3.13. The van der Waals surface area contributed by atoms with Gasteiger partial charge < -0.3 is 25.3 Å². The van der Waals surface area contributed by atoms with Crippen LogP contribution in [0.1, 0.15) is 25.8 Å². The molecule has 0 aliphatic heterocycles. The predicted molar refractivity (Wildman–Crippen MR) is 118 cm³/mol. The van der Waals surface area contributed by atoms with E-state index in [0.717, 1.165) is 27.7 Å². The molecule has 4 rings (SSSR count). The van der Waals surface area contributed by atoms with E-state index in [-0.39, 0.29) is 18.9 Å². The summed E-state index contributed by atoms with van der Waals surface area (Å²) in [5.74, 6) is -0.0795. The van der Waals surface area contributed by atoms with Gasteiger partial charge in [-0.15, -0.1) is 0 Å². The zero-order chi connectivity index (χ0) is 22.3. The highest BCUT2D eigenvalue weighted by atomic mass is 19.1. The van der Waals surface area contributed by atoms with Crippen LogP contribution >= 0.6 is 0 Å². The Morgan fingerprint density at radius 3 is 2.81 bits per heavy atom. The Kier molecular flexibility index (Phi) is 5.14. The number of nitrogens with zero attached hydrogens (tertiary/aromatic N) is 3. The third-order valence-corrected chi connectivity index (χ3v) is 5.10. The van der Waals surface area contributed by atoms with Crippen molar-refractivity contribution in [1.29, 1.82) is 0 Å². The molecule has 9 heteroatoms. The van der Waals surface area contributed by atoms with E-state index >= 15 is 0 Å². The molecule has 31 heavy (non-hydrogen) atoms. The van der Waals surface area contributed by atoms with Gasteiger partial charge in [-0.3, -0.25) is 4.79 Å².